The van der Waals surface area contributed by atoms with E-state index in [0.717, 1.165) is 6.07 Å². The Bertz CT molecular complexity index is 912. The van der Waals surface area contributed by atoms with E-state index in [-0.39, 0.29) is 48.2 Å². The number of rotatable bonds is 5. The molecule has 1 aliphatic rings. The largest absolute Gasteiger partial charge is 0.463 e. The number of carbonyl (C=O) groups excluding carboxylic acids is 3. The van der Waals surface area contributed by atoms with Gasteiger partial charge in [0.05, 0.1) is 29.3 Å². The highest BCUT2D eigenvalue weighted by atomic mass is 35.5. The molecule has 0 saturated heterocycles. The molecule has 1 N–H and O–H groups in total. The first-order chi connectivity index (χ1) is 14.4. The van der Waals surface area contributed by atoms with Crippen LogP contribution in [0.5, 0.6) is 0 Å². The Kier molecular flexibility index (Phi) is 7.75. The van der Waals surface area contributed by atoms with Crippen molar-refractivity contribution in [2.75, 3.05) is 13.2 Å². The highest BCUT2D eigenvalue weighted by Crippen LogP contribution is 2.35. The third-order valence-electron chi connectivity index (χ3n) is 4.82. The van der Waals surface area contributed by atoms with Crippen LogP contribution in [0.2, 0.25) is 5.02 Å². The van der Waals surface area contributed by atoms with Gasteiger partial charge in [-0.05, 0) is 32.0 Å². The highest BCUT2D eigenvalue weighted by molar-refractivity contribution is 6.31. The highest BCUT2D eigenvalue weighted by Gasteiger charge is 2.36. The van der Waals surface area contributed by atoms with Gasteiger partial charge in [-0.25, -0.2) is 4.79 Å². The molecule has 0 aromatic heterocycles. The summed E-state index contributed by atoms with van der Waals surface area (Å²) in [5.74, 6) is -2.02. The van der Waals surface area contributed by atoms with Crippen molar-refractivity contribution in [3.8, 4) is 0 Å². The number of nitrogens with zero attached hydrogens (tertiary/aromatic N) is 1. The predicted molar refractivity (Wildman–Crippen MR) is 108 cm³/mol. The van der Waals surface area contributed by atoms with Gasteiger partial charge in [-0.15, -0.1) is 0 Å². The molecule has 0 aliphatic carbocycles. The number of hydrogen-bond acceptors (Lipinski definition) is 4. The molecule has 170 valence electrons. The summed E-state index contributed by atoms with van der Waals surface area (Å²) < 4.78 is 44.6. The first-order valence-corrected chi connectivity index (χ1v) is 10.1. The van der Waals surface area contributed by atoms with Gasteiger partial charge in [0.25, 0.3) is 5.91 Å². The Morgan fingerprint density at radius 3 is 2.48 bits per heavy atom. The van der Waals surface area contributed by atoms with Gasteiger partial charge >= 0.3 is 12.1 Å². The number of carbonyl (C=O) groups is 3. The zero-order chi connectivity index (χ0) is 23.5. The summed E-state index contributed by atoms with van der Waals surface area (Å²) in [6.07, 6.45) is -4.63. The molecule has 0 spiro atoms. The third-order valence-corrected chi connectivity index (χ3v) is 5.15. The summed E-state index contributed by atoms with van der Waals surface area (Å²) in [6.45, 7) is 6.62. The zero-order valence-corrected chi connectivity index (χ0v) is 18.4. The number of halogens is 4. The first-order valence-electron chi connectivity index (χ1n) is 9.74. The van der Waals surface area contributed by atoms with Crippen LogP contribution in [0.4, 0.5) is 13.2 Å². The molecule has 1 aromatic rings. The van der Waals surface area contributed by atoms with Crippen molar-refractivity contribution in [3.05, 3.63) is 45.6 Å². The van der Waals surface area contributed by atoms with E-state index >= 15 is 0 Å². The zero-order valence-electron chi connectivity index (χ0n) is 17.6. The molecule has 0 saturated carbocycles. The molecule has 1 aliphatic heterocycles. The summed E-state index contributed by atoms with van der Waals surface area (Å²) in [4.78, 5) is 38.9. The minimum atomic E-state index is -4.71. The maximum atomic E-state index is 13.2. The van der Waals surface area contributed by atoms with E-state index in [9.17, 15) is 27.6 Å². The number of benzene rings is 1. The molecule has 0 radical (unpaired) electrons. The second kappa shape index (κ2) is 9.72. The van der Waals surface area contributed by atoms with Gasteiger partial charge in [0.1, 0.15) is 0 Å². The fraction of sp³-hybridized carbons (Fsp3) is 0.476. The molecule has 1 aromatic carbocycles. The lowest BCUT2D eigenvalue weighted by Crippen LogP contribution is -2.48. The molecule has 0 fully saturated rings. The maximum Gasteiger partial charge on any atom is 0.417 e. The topological polar surface area (TPSA) is 75.7 Å². The average Bonchev–Trinajstić information content (AvgIpc) is 2.67. The molecule has 0 unspecified atom stereocenters. The van der Waals surface area contributed by atoms with E-state index in [1.165, 1.54) is 11.0 Å². The molecule has 10 heteroatoms. The van der Waals surface area contributed by atoms with Crippen LogP contribution >= 0.6 is 11.6 Å². The summed E-state index contributed by atoms with van der Waals surface area (Å²) in [7, 11) is 0. The van der Waals surface area contributed by atoms with Crippen LogP contribution < -0.4 is 5.32 Å². The van der Waals surface area contributed by atoms with E-state index in [2.05, 4.69) is 5.32 Å². The van der Waals surface area contributed by atoms with E-state index in [1.54, 1.807) is 27.7 Å². The Hall–Kier alpha value is -2.55. The number of alkyl halides is 3. The van der Waals surface area contributed by atoms with Crippen LogP contribution in [0.15, 0.2) is 29.5 Å². The predicted octanol–water partition coefficient (Wildman–Crippen LogP) is 4.18. The molecule has 1 heterocycles. The van der Waals surface area contributed by atoms with Crippen molar-refractivity contribution in [2.24, 2.45) is 5.92 Å². The van der Waals surface area contributed by atoms with Gasteiger partial charge in [0.2, 0.25) is 5.91 Å². The molecule has 6 nitrogen and oxygen atoms in total. The molecule has 2 amide bonds. The summed E-state index contributed by atoms with van der Waals surface area (Å²) in [6, 6.07) is 2.42. The SMILES string of the molecule is CCOC(=O)C1=C(NC(=O)C(C)C)CN(C(=O)c2ccc(Cl)c(C(F)(F)F)c2)[C@H](C)C1. The maximum absolute atomic E-state index is 13.2. The van der Waals surface area contributed by atoms with Gasteiger partial charge in [0, 0.05) is 29.6 Å². The lowest BCUT2D eigenvalue weighted by molar-refractivity contribution is -0.139. The Morgan fingerprint density at radius 1 is 1.29 bits per heavy atom. The van der Waals surface area contributed by atoms with Crippen LogP contribution in [0.25, 0.3) is 0 Å². The quantitative estimate of drug-likeness (QED) is 0.669. The normalized spacial score (nSPS) is 17.1. The monoisotopic (exact) mass is 460 g/mol. The number of hydrogen-bond donors (Lipinski definition) is 1. The van der Waals surface area contributed by atoms with Crippen LogP contribution in [-0.2, 0) is 20.5 Å². The summed E-state index contributed by atoms with van der Waals surface area (Å²) in [5, 5.41) is 2.15. The van der Waals surface area contributed by atoms with Gasteiger partial charge in [-0.3, -0.25) is 9.59 Å². The van der Waals surface area contributed by atoms with E-state index in [1.807, 2.05) is 0 Å². The molecule has 0 bridgehead atoms. The van der Waals surface area contributed by atoms with E-state index in [0.29, 0.717) is 6.07 Å². The van der Waals surface area contributed by atoms with Gasteiger partial charge in [-0.1, -0.05) is 25.4 Å². The Morgan fingerprint density at radius 2 is 1.94 bits per heavy atom. The van der Waals surface area contributed by atoms with E-state index in [4.69, 9.17) is 16.3 Å². The van der Waals surface area contributed by atoms with Gasteiger partial charge in [-0.2, -0.15) is 13.2 Å². The van der Waals surface area contributed by atoms with Crippen LogP contribution in [0.1, 0.15) is 50.0 Å². The lowest BCUT2D eigenvalue weighted by atomic mass is 9.97. The minimum Gasteiger partial charge on any atom is -0.463 e. The van der Waals surface area contributed by atoms with Crippen LogP contribution in [0.3, 0.4) is 0 Å². The standard InChI is InChI=1S/C21H24ClF3N2O4/c1-5-31-20(30)14-8-12(4)27(10-17(14)26-18(28)11(2)3)19(29)13-6-7-16(22)15(9-13)21(23,24)25/h6-7,9,11-12H,5,8,10H2,1-4H3,(H,26,28)/t12-/m1/s1. The number of ether oxygens (including phenoxy) is 1. The lowest BCUT2D eigenvalue weighted by Gasteiger charge is -2.36. The van der Waals surface area contributed by atoms with Crippen molar-refractivity contribution in [1.29, 1.82) is 0 Å². The smallest absolute Gasteiger partial charge is 0.417 e. The van der Waals surface area contributed by atoms with Gasteiger partial charge < -0.3 is 15.0 Å². The van der Waals surface area contributed by atoms with Crippen LogP contribution in [0, 0.1) is 5.92 Å². The molecular formula is C21H24ClF3N2O4. The second-order valence-electron chi connectivity index (χ2n) is 7.50. The second-order valence-corrected chi connectivity index (χ2v) is 7.91. The van der Waals surface area contributed by atoms with Crippen molar-refractivity contribution >= 4 is 29.4 Å². The fourth-order valence-corrected chi connectivity index (χ4v) is 3.32. The summed E-state index contributed by atoms with van der Waals surface area (Å²) >= 11 is 5.64. The number of amides is 2. The third kappa shape index (κ3) is 5.78. The number of nitrogens with one attached hydrogen (secondary N) is 1. The summed E-state index contributed by atoms with van der Waals surface area (Å²) in [5.41, 5.74) is -0.869. The molecule has 31 heavy (non-hydrogen) atoms. The van der Waals surface area contributed by atoms with Crippen LogP contribution in [-0.4, -0.2) is 41.9 Å². The average molecular weight is 461 g/mol. The molecule has 1 atom stereocenters. The van der Waals surface area contributed by atoms with Crippen molar-refractivity contribution < 1.29 is 32.3 Å². The van der Waals surface area contributed by atoms with Gasteiger partial charge in [0.15, 0.2) is 0 Å². The van der Waals surface area contributed by atoms with Crippen molar-refractivity contribution in [1.82, 2.24) is 10.2 Å². The fourth-order valence-electron chi connectivity index (χ4n) is 3.10. The first kappa shape index (κ1) is 24.7. The minimum absolute atomic E-state index is 0.0813. The molecular weight excluding hydrogens is 437 g/mol. The van der Waals surface area contributed by atoms with Crippen molar-refractivity contribution in [3.63, 3.8) is 0 Å². The van der Waals surface area contributed by atoms with E-state index < -0.39 is 34.7 Å². The number of esters is 1. The Balaban J connectivity index is 2.41. The molecule has 2 rings (SSSR count). The Labute approximate surface area is 183 Å². The van der Waals surface area contributed by atoms with Crippen molar-refractivity contribution in [2.45, 2.75) is 46.3 Å².